The maximum absolute atomic E-state index is 12.1. The molecule has 2 heterocycles. The van der Waals surface area contributed by atoms with Crippen molar-refractivity contribution in [1.82, 2.24) is 10.3 Å². The lowest BCUT2D eigenvalue weighted by atomic mass is 10.1. The third-order valence-electron chi connectivity index (χ3n) is 3.47. The van der Waals surface area contributed by atoms with Gasteiger partial charge >= 0.3 is 0 Å². The Kier molecular flexibility index (Phi) is 5.05. The number of carbonyl (C=O) groups is 1. The molecule has 0 atom stereocenters. The van der Waals surface area contributed by atoms with Crippen LogP contribution in [0.3, 0.4) is 0 Å². The van der Waals surface area contributed by atoms with Crippen LogP contribution in [0.15, 0.2) is 59.4 Å². The number of pyridine rings is 1. The van der Waals surface area contributed by atoms with E-state index in [1.807, 2.05) is 41.8 Å². The van der Waals surface area contributed by atoms with Gasteiger partial charge in [-0.15, -0.1) is 0 Å². The van der Waals surface area contributed by atoms with Gasteiger partial charge in [0.25, 0.3) is 0 Å². The normalized spacial score (nSPS) is 10.5. The van der Waals surface area contributed by atoms with E-state index in [2.05, 4.69) is 15.7 Å². The molecule has 1 amide bonds. The van der Waals surface area contributed by atoms with E-state index < -0.39 is 0 Å². The van der Waals surface area contributed by atoms with Gasteiger partial charge in [-0.05, 0) is 34.7 Å². The summed E-state index contributed by atoms with van der Waals surface area (Å²) in [6, 6.07) is 13.3. The smallest absolute Gasteiger partial charge is 0.224 e. The zero-order chi connectivity index (χ0) is 16.1. The molecule has 0 fully saturated rings. The van der Waals surface area contributed by atoms with Crippen molar-refractivity contribution in [2.45, 2.75) is 13.0 Å². The van der Waals surface area contributed by atoms with Crippen LogP contribution < -0.4 is 5.32 Å². The first-order valence-corrected chi connectivity index (χ1v) is 8.52. The fourth-order valence-corrected chi connectivity index (χ4v) is 3.15. The van der Waals surface area contributed by atoms with Gasteiger partial charge in [0.15, 0.2) is 0 Å². The third-order valence-corrected chi connectivity index (χ3v) is 4.52. The summed E-state index contributed by atoms with van der Waals surface area (Å²) in [6.07, 6.45) is 2.04. The van der Waals surface area contributed by atoms with Gasteiger partial charge in [-0.25, -0.2) is 0 Å². The van der Waals surface area contributed by atoms with Crippen molar-refractivity contribution in [2.75, 3.05) is 0 Å². The molecule has 0 bridgehead atoms. The molecule has 0 aliphatic carbocycles. The summed E-state index contributed by atoms with van der Waals surface area (Å²) in [7, 11) is 0. The highest BCUT2D eigenvalue weighted by Gasteiger charge is 2.10. The number of rotatable bonds is 5. The summed E-state index contributed by atoms with van der Waals surface area (Å²) in [6.45, 7) is 0.447. The summed E-state index contributed by atoms with van der Waals surface area (Å²) in [5.74, 6) is -0.0572. The predicted octanol–water partition coefficient (Wildman–Crippen LogP) is 4.32. The van der Waals surface area contributed by atoms with Gasteiger partial charge in [0.1, 0.15) is 0 Å². The van der Waals surface area contributed by atoms with E-state index in [-0.39, 0.29) is 12.3 Å². The molecule has 3 nitrogen and oxygen atoms in total. The third kappa shape index (κ3) is 3.97. The Hall–Kier alpha value is -2.17. The average molecular weight is 343 g/mol. The fourth-order valence-electron chi connectivity index (χ4n) is 2.31. The topological polar surface area (TPSA) is 42.0 Å². The fraction of sp³-hybridized carbons (Fsp3) is 0.111. The predicted molar refractivity (Wildman–Crippen MR) is 94.6 cm³/mol. The second-order valence-corrected chi connectivity index (χ2v) is 6.26. The molecule has 1 N–H and O–H groups in total. The highest BCUT2D eigenvalue weighted by Crippen LogP contribution is 2.23. The van der Waals surface area contributed by atoms with Crippen LogP contribution in [0.2, 0.25) is 5.02 Å². The second kappa shape index (κ2) is 7.40. The van der Waals surface area contributed by atoms with Crippen molar-refractivity contribution >= 4 is 28.8 Å². The van der Waals surface area contributed by atoms with Crippen LogP contribution in [-0.2, 0) is 17.8 Å². The lowest BCUT2D eigenvalue weighted by molar-refractivity contribution is -0.120. The molecule has 1 aromatic carbocycles. The Balaban J connectivity index is 1.67. The van der Waals surface area contributed by atoms with Gasteiger partial charge in [-0.1, -0.05) is 35.9 Å². The maximum Gasteiger partial charge on any atom is 0.224 e. The molecule has 2 aromatic heterocycles. The monoisotopic (exact) mass is 342 g/mol. The average Bonchev–Trinajstić information content (AvgIpc) is 3.10. The first-order chi connectivity index (χ1) is 11.2. The van der Waals surface area contributed by atoms with E-state index in [1.165, 1.54) is 0 Å². The SMILES string of the molecule is O=C(Cc1ccccc1Cl)NCc1cccnc1-c1ccsc1. The highest BCUT2D eigenvalue weighted by atomic mass is 35.5. The van der Waals surface area contributed by atoms with Crippen LogP contribution in [0.25, 0.3) is 11.3 Å². The zero-order valence-electron chi connectivity index (χ0n) is 12.3. The number of thiophene rings is 1. The summed E-state index contributed by atoms with van der Waals surface area (Å²) < 4.78 is 0. The van der Waals surface area contributed by atoms with E-state index in [0.29, 0.717) is 11.6 Å². The molecule has 3 aromatic rings. The van der Waals surface area contributed by atoms with Crippen LogP contribution in [0.5, 0.6) is 0 Å². The van der Waals surface area contributed by atoms with E-state index in [4.69, 9.17) is 11.6 Å². The van der Waals surface area contributed by atoms with Gasteiger partial charge in [0.2, 0.25) is 5.91 Å². The molecule has 5 heteroatoms. The lowest BCUT2D eigenvalue weighted by Crippen LogP contribution is -2.25. The molecule has 0 unspecified atom stereocenters. The first-order valence-electron chi connectivity index (χ1n) is 7.20. The van der Waals surface area contributed by atoms with Crippen molar-refractivity contribution in [2.24, 2.45) is 0 Å². The second-order valence-electron chi connectivity index (χ2n) is 5.07. The van der Waals surface area contributed by atoms with Gasteiger partial charge in [0, 0.05) is 28.7 Å². The van der Waals surface area contributed by atoms with E-state index in [9.17, 15) is 4.79 Å². The molecule has 0 saturated heterocycles. The maximum atomic E-state index is 12.1. The molecule has 0 radical (unpaired) electrons. The number of benzene rings is 1. The Morgan fingerprint density at radius 2 is 1.96 bits per heavy atom. The number of hydrogen-bond acceptors (Lipinski definition) is 3. The largest absolute Gasteiger partial charge is 0.352 e. The number of halogens is 1. The summed E-state index contributed by atoms with van der Waals surface area (Å²) >= 11 is 7.72. The van der Waals surface area contributed by atoms with Crippen LogP contribution in [0.1, 0.15) is 11.1 Å². The van der Waals surface area contributed by atoms with Crippen LogP contribution in [0.4, 0.5) is 0 Å². The minimum atomic E-state index is -0.0572. The van der Waals surface area contributed by atoms with Crippen molar-refractivity contribution in [3.05, 3.63) is 75.6 Å². The van der Waals surface area contributed by atoms with Gasteiger partial charge in [-0.2, -0.15) is 11.3 Å². The van der Waals surface area contributed by atoms with Gasteiger partial charge in [-0.3, -0.25) is 9.78 Å². The van der Waals surface area contributed by atoms with Crippen LogP contribution in [0, 0.1) is 0 Å². The molecular weight excluding hydrogens is 328 g/mol. The number of nitrogens with one attached hydrogen (secondary N) is 1. The molecule has 116 valence electrons. The molecule has 23 heavy (non-hydrogen) atoms. The molecule has 0 aliphatic rings. The van der Waals surface area contributed by atoms with Crippen LogP contribution >= 0.6 is 22.9 Å². The number of amides is 1. The lowest BCUT2D eigenvalue weighted by Gasteiger charge is -2.09. The molecule has 0 spiro atoms. The van der Waals surface area contributed by atoms with E-state index in [1.54, 1.807) is 23.6 Å². The molecular formula is C18H15ClN2OS. The number of carbonyl (C=O) groups excluding carboxylic acids is 1. The summed E-state index contributed by atoms with van der Waals surface area (Å²) in [5, 5.41) is 7.63. The van der Waals surface area contributed by atoms with Crippen molar-refractivity contribution < 1.29 is 4.79 Å². The Morgan fingerprint density at radius 3 is 2.74 bits per heavy atom. The number of nitrogens with zero attached hydrogens (tertiary/aromatic N) is 1. The van der Waals surface area contributed by atoms with Gasteiger partial charge in [0.05, 0.1) is 12.1 Å². The van der Waals surface area contributed by atoms with Crippen molar-refractivity contribution in [3.8, 4) is 11.3 Å². The minimum Gasteiger partial charge on any atom is -0.352 e. The Morgan fingerprint density at radius 1 is 1.13 bits per heavy atom. The Bertz CT molecular complexity index is 802. The van der Waals surface area contributed by atoms with E-state index in [0.717, 1.165) is 22.4 Å². The van der Waals surface area contributed by atoms with Crippen molar-refractivity contribution in [1.29, 1.82) is 0 Å². The number of hydrogen-bond donors (Lipinski definition) is 1. The summed E-state index contributed by atoms with van der Waals surface area (Å²) in [5.41, 5.74) is 3.81. The first kappa shape index (κ1) is 15.7. The molecule has 0 saturated carbocycles. The van der Waals surface area contributed by atoms with E-state index >= 15 is 0 Å². The highest BCUT2D eigenvalue weighted by molar-refractivity contribution is 7.08. The molecule has 0 aliphatic heterocycles. The number of aromatic nitrogens is 1. The zero-order valence-corrected chi connectivity index (χ0v) is 13.9. The van der Waals surface area contributed by atoms with Crippen molar-refractivity contribution in [3.63, 3.8) is 0 Å². The van der Waals surface area contributed by atoms with Gasteiger partial charge < -0.3 is 5.32 Å². The quantitative estimate of drug-likeness (QED) is 0.750. The Labute approximate surface area is 144 Å². The standard InChI is InChI=1S/C18H15ClN2OS/c19-16-6-2-1-4-13(16)10-17(22)21-11-14-5-3-8-20-18(14)15-7-9-23-12-15/h1-9,12H,10-11H2,(H,21,22). The van der Waals surface area contributed by atoms with Crippen LogP contribution in [-0.4, -0.2) is 10.9 Å². The molecule has 3 rings (SSSR count). The minimum absolute atomic E-state index is 0.0572. The summed E-state index contributed by atoms with van der Waals surface area (Å²) in [4.78, 5) is 16.6.